The van der Waals surface area contributed by atoms with Crippen LogP contribution in [0.2, 0.25) is 0 Å². The lowest BCUT2D eigenvalue weighted by atomic mass is 10.1. The molecule has 2 rings (SSSR count). The lowest BCUT2D eigenvalue weighted by molar-refractivity contribution is -0.150. The molecule has 2 aliphatic rings. The lowest BCUT2D eigenvalue weighted by Crippen LogP contribution is -2.36. The normalized spacial score (nSPS) is 33.5. The maximum atomic E-state index is 11.5. The molecule has 1 N–H and O–H groups in total. The number of rotatable bonds is 5. The Morgan fingerprint density at radius 3 is 2.30 bits per heavy atom. The van der Waals surface area contributed by atoms with E-state index in [0.29, 0.717) is 11.1 Å². The predicted octanol–water partition coefficient (Wildman–Crippen LogP) is 0.552. The van der Waals surface area contributed by atoms with Crippen LogP contribution in [-0.4, -0.2) is 55.0 Å². The first-order valence-electron chi connectivity index (χ1n) is 6.48. The van der Waals surface area contributed by atoms with E-state index in [1.54, 1.807) is 13.8 Å². The standard InChI is InChI=1S/C14H20O6/c1-7(2)13(15)19-9-5-17-12-10(6-18-11(9)12)20-14(16)8(3)4/h9-13,15H,1,3,5-6H2,2,4H3. The van der Waals surface area contributed by atoms with Gasteiger partial charge >= 0.3 is 5.97 Å². The van der Waals surface area contributed by atoms with Crippen molar-refractivity contribution in [1.82, 2.24) is 0 Å². The molecule has 0 spiro atoms. The summed E-state index contributed by atoms with van der Waals surface area (Å²) in [4.78, 5) is 11.5. The third-order valence-corrected chi connectivity index (χ3v) is 3.29. The fraction of sp³-hybridized carbons (Fsp3) is 0.643. The summed E-state index contributed by atoms with van der Waals surface area (Å²) in [5, 5.41) is 9.66. The number of aliphatic hydroxyl groups excluding tert-OH is 1. The van der Waals surface area contributed by atoms with Crippen LogP contribution >= 0.6 is 0 Å². The quantitative estimate of drug-likeness (QED) is 0.344. The van der Waals surface area contributed by atoms with Crippen molar-refractivity contribution in [2.45, 2.75) is 44.6 Å². The van der Waals surface area contributed by atoms with Crippen LogP contribution in [0.1, 0.15) is 13.8 Å². The zero-order valence-electron chi connectivity index (χ0n) is 11.7. The average Bonchev–Trinajstić information content (AvgIpc) is 2.93. The van der Waals surface area contributed by atoms with Gasteiger partial charge in [-0.25, -0.2) is 4.79 Å². The van der Waals surface area contributed by atoms with Gasteiger partial charge in [0.15, 0.2) is 12.4 Å². The topological polar surface area (TPSA) is 74.2 Å². The number of aliphatic hydroxyl groups is 1. The van der Waals surface area contributed by atoms with Gasteiger partial charge in [0.2, 0.25) is 0 Å². The summed E-state index contributed by atoms with van der Waals surface area (Å²) in [6, 6.07) is 0. The van der Waals surface area contributed by atoms with Gasteiger partial charge in [0.1, 0.15) is 18.3 Å². The van der Waals surface area contributed by atoms with E-state index in [4.69, 9.17) is 18.9 Å². The van der Waals surface area contributed by atoms with Crippen molar-refractivity contribution in [2.24, 2.45) is 0 Å². The highest BCUT2D eigenvalue weighted by atomic mass is 16.7. The third kappa shape index (κ3) is 3.09. The minimum atomic E-state index is -1.05. The van der Waals surface area contributed by atoms with Gasteiger partial charge in [0.05, 0.1) is 13.2 Å². The molecule has 20 heavy (non-hydrogen) atoms. The molecular weight excluding hydrogens is 264 g/mol. The molecule has 0 aromatic heterocycles. The largest absolute Gasteiger partial charge is 0.454 e. The fourth-order valence-corrected chi connectivity index (χ4v) is 2.17. The summed E-state index contributed by atoms with van der Waals surface area (Å²) in [5.41, 5.74) is 0.841. The van der Waals surface area contributed by atoms with Crippen molar-refractivity contribution in [3.63, 3.8) is 0 Å². The molecule has 2 aliphatic heterocycles. The van der Waals surface area contributed by atoms with E-state index >= 15 is 0 Å². The van der Waals surface area contributed by atoms with Crippen molar-refractivity contribution < 1.29 is 28.8 Å². The molecule has 2 heterocycles. The second-order valence-corrected chi connectivity index (χ2v) is 5.19. The lowest BCUT2D eigenvalue weighted by Gasteiger charge is -2.20. The highest BCUT2D eigenvalue weighted by molar-refractivity contribution is 5.87. The summed E-state index contributed by atoms with van der Waals surface area (Å²) in [6.07, 6.45) is -2.66. The molecule has 0 radical (unpaired) electrons. The maximum Gasteiger partial charge on any atom is 0.333 e. The Bertz CT molecular complexity index is 418. The molecule has 2 fully saturated rings. The summed E-state index contributed by atoms with van der Waals surface area (Å²) in [5.74, 6) is -0.464. The van der Waals surface area contributed by atoms with Crippen LogP contribution in [0.4, 0.5) is 0 Å². The Balaban J connectivity index is 1.92. The zero-order chi connectivity index (χ0) is 14.9. The second kappa shape index (κ2) is 6.05. The SMILES string of the molecule is C=C(C)C(=O)OC1COC2C(OC(O)C(=C)C)COC12. The number of hydrogen-bond donors (Lipinski definition) is 1. The molecule has 5 unspecified atom stereocenters. The minimum absolute atomic E-state index is 0.247. The van der Waals surface area contributed by atoms with Crippen LogP contribution in [0.15, 0.2) is 24.3 Å². The number of ether oxygens (including phenoxy) is 4. The van der Waals surface area contributed by atoms with Crippen molar-refractivity contribution in [3.05, 3.63) is 24.3 Å². The molecule has 0 aromatic rings. The Labute approximate surface area is 118 Å². The van der Waals surface area contributed by atoms with Crippen LogP contribution in [0, 0.1) is 0 Å². The predicted molar refractivity (Wildman–Crippen MR) is 69.9 cm³/mol. The van der Waals surface area contributed by atoms with Crippen LogP contribution in [0.5, 0.6) is 0 Å². The number of esters is 1. The number of hydrogen-bond acceptors (Lipinski definition) is 6. The van der Waals surface area contributed by atoms with Crippen LogP contribution in [0.25, 0.3) is 0 Å². The summed E-state index contributed by atoms with van der Waals surface area (Å²) in [6.45, 7) is 10.9. The molecule has 0 saturated carbocycles. The van der Waals surface area contributed by atoms with Gasteiger partial charge < -0.3 is 24.1 Å². The molecule has 112 valence electrons. The highest BCUT2D eigenvalue weighted by Gasteiger charge is 2.50. The summed E-state index contributed by atoms with van der Waals surface area (Å²) < 4.78 is 21.8. The zero-order valence-corrected chi connectivity index (χ0v) is 11.7. The van der Waals surface area contributed by atoms with E-state index in [0.717, 1.165) is 0 Å². The van der Waals surface area contributed by atoms with Gasteiger partial charge in [-0.05, 0) is 19.4 Å². The molecule has 2 saturated heterocycles. The number of carbonyl (C=O) groups is 1. The van der Waals surface area contributed by atoms with E-state index in [1.165, 1.54) is 0 Å². The third-order valence-electron chi connectivity index (χ3n) is 3.29. The van der Waals surface area contributed by atoms with E-state index in [-0.39, 0.29) is 25.4 Å². The van der Waals surface area contributed by atoms with Crippen molar-refractivity contribution in [2.75, 3.05) is 13.2 Å². The molecule has 0 aliphatic carbocycles. The van der Waals surface area contributed by atoms with Gasteiger partial charge in [-0.2, -0.15) is 0 Å². The first kappa shape index (κ1) is 15.2. The Hall–Kier alpha value is -1.21. The summed E-state index contributed by atoms with van der Waals surface area (Å²) >= 11 is 0. The molecular formula is C14H20O6. The van der Waals surface area contributed by atoms with Crippen molar-refractivity contribution in [3.8, 4) is 0 Å². The summed E-state index contributed by atoms with van der Waals surface area (Å²) in [7, 11) is 0. The Morgan fingerprint density at radius 1 is 1.20 bits per heavy atom. The molecule has 5 atom stereocenters. The van der Waals surface area contributed by atoms with Gasteiger partial charge in [-0.15, -0.1) is 0 Å². The van der Waals surface area contributed by atoms with Crippen molar-refractivity contribution >= 4 is 5.97 Å². The Morgan fingerprint density at radius 2 is 1.75 bits per heavy atom. The Kier molecular flexibility index (Phi) is 4.59. The molecule has 0 aromatic carbocycles. The smallest absolute Gasteiger partial charge is 0.333 e. The van der Waals surface area contributed by atoms with Crippen LogP contribution in [0.3, 0.4) is 0 Å². The average molecular weight is 284 g/mol. The van der Waals surface area contributed by atoms with E-state index in [9.17, 15) is 9.90 Å². The first-order chi connectivity index (χ1) is 9.40. The number of fused-ring (bicyclic) bond motifs is 1. The molecule has 6 heteroatoms. The molecule has 0 bridgehead atoms. The van der Waals surface area contributed by atoms with Gasteiger partial charge in [-0.3, -0.25) is 0 Å². The van der Waals surface area contributed by atoms with Gasteiger partial charge in [0.25, 0.3) is 0 Å². The van der Waals surface area contributed by atoms with Gasteiger partial charge in [0, 0.05) is 5.57 Å². The van der Waals surface area contributed by atoms with E-state index in [1.807, 2.05) is 0 Å². The maximum absolute atomic E-state index is 11.5. The first-order valence-corrected chi connectivity index (χ1v) is 6.48. The van der Waals surface area contributed by atoms with Gasteiger partial charge in [-0.1, -0.05) is 13.2 Å². The van der Waals surface area contributed by atoms with Crippen LogP contribution in [-0.2, 0) is 23.7 Å². The highest BCUT2D eigenvalue weighted by Crippen LogP contribution is 2.31. The molecule has 0 amide bonds. The fourth-order valence-electron chi connectivity index (χ4n) is 2.17. The minimum Gasteiger partial charge on any atom is -0.454 e. The van der Waals surface area contributed by atoms with E-state index < -0.39 is 24.5 Å². The monoisotopic (exact) mass is 284 g/mol. The molecule has 6 nitrogen and oxygen atoms in total. The second-order valence-electron chi connectivity index (χ2n) is 5.19. The van der Waals surface area contributed by atoms with E-state index in [2.05, 4.69) is 13.2 Å². The number of carbonyl (C=O) groups excluding carboxylic acids is 1. The van der Waals surface area contributed by atoms with Crippen molar-refractivity contribution in [1.29, 1.82) is 0 Å². The van der Waals surface area contributed by atoms with Crippen LogP contribution < -0.4 is 0 Å².